The minimum absolute atomic E-state index is 0. The molecular weight excluding hydrogens is 275 g/mol. The Balaban J connectivity index is 0. The van der Waals surface area contributed by atoms with Crippen molar-refractivity contribution < 1.29 is 4.79 Å². The van der Waals surface area contributed by atoms with Gasteiger partial charge in [0.05, 0.1) is 5.56 Å². The molecular formula is C11H20Cl2N4O. The summed E-state index contributed by atoms with van der Waals surface area (Å²) in [6, 6.07) is 1.62. The van der Waals surface area contributed by atoms with Crippen LogP contribution in [0.15, 0.2) is 18.5 Å². The van der Waals surface area contributed by atoms with E-state index in [0.717, 1.165) is 13.1 Å². The number of pyridine rings is 1. The van der Waals surface area contributed by atoms with E-state index >= 15 is 0 Å². The van der Waals surface area contributed by atoms with E-state index in [4.69, 9.17) is 5.73 Å². The lowest BCUT2D eigenvalue weighted by molar-refractivity contribution is 0.0950. The van der Waals surface area contributed by atoms with Gasteiger partial charge in [-0.05, 0) is 19.7 Å². The zero-order valence-electron chi connectivity index (χ0n) is 10.5. The van der Waals surface area contributed by atoms with Crippen LogP contribution < -0.4 is 11.1 Å². The van der Waals surface area contributed by atoms with E-state index in [0.29, 0.717) is 17.8 Å². The Morgan fingerprint density at radius 3 is 2.72 bits per heavy atom. The smallest absolute Gasteiger partial charge is 0.254 e. The Kier molecular flexibility index (Phi) is 10.7. The molecule has 0 aliphatic heterocycles. The molecule has 0 aromatic carbocycles. The van der Waals surface area contributed by atoms with E-state index in [1.54, 1.807) is 12.3 Å². The lowest BCUT2D eigenvalue weighted by Crippen LogP contribution is -2.33. The number of halogens is 2. The molecule has 1 heterocycles. The predicted octanol–water partition coefficient (Wildman–Crippen LogP) is 1.19. The number of anilines is 1. The maximum Gasteiger partial charge on any atom is 0.254 e. The number of hydrogen-bond donors (Lipinski definition) is 2. The summed E-state index contributed by atoms with van der Waals surface area (Å²) in [4.78, 5) is 17.7. The number of nitrogens with zero attached hydrogens (tertiary/aromatic N) is 2. The van der Waals surface area contributed by atoms with E-state index in [1.807, 2.05) is 7.05 Å². The molecule has 3 N–H and O–H groups in total. The number of likely N-dealkylation sites (N-methyl/N-ethyl adjacent to an activating group) is 1. The molecule has 0 aliphatic carbocycles. The van der Waals surface area contributed by atoms with Gasteiger partial charge in [0, 0.05) is 31.2 Å². The minimum Gasteiger partial charge on any atom is -0.398 e. The number of carbonyl (C=O) groups is 1. The number of aromatic nitrogens is 1. The van der Waals surface area contributed by atoms with Crippen LogP contribution in [0.2, 0.25) is 0 Å². The summed E-state index contributed by atoms with van der Waals surface area (Å²) >= 11 is 0. The van der Waals surface area contributed by atoms with Crippen LogP contribution in [0.5, 0.6) is 0 Å². The standard InChI is InChI=1S/C11H18N4O.2ClH/c1-3-15(2)7-6-14-11(16)9-8-13-5-4-10(9)12;;/h4-5,8H,3,6-7H2,1-2H3,(H2,12,13)(H,14,16);2*1H. The lowest BCUT2D eigenvalue weighted by Gasteiger charge is -2.14. The molecule has 1 aromatic rings. The van der Waals surface area contributed by atoms with Gasteiger partial charge in [0.1, 0.15) is 0 Å². The molecule has 5 nitrogen and oxygen atoms in total. The maximum absolute atomic E-state index is 11.7. The quantitative estimate of drug-likeness (QED) is 0.856. The third-order valence-electron chi connectivity index (χ3n) is 2.42. The summed E-state index contributed by atoms with van der Waals surface area (Å²) < 4.78 is 0. The lowest BCUT2D eigenvalue weighted by atomic mass is 10.2. The molecule has 0 atom stereocenters. The molecule has 0 bridgehead atoms. The van der Waals surface area contributed by atoms with Gasteiger partial charge in [-0.1, -0.05) is 6.92 Å². The molecule has 0 aliphatic rings. The van der Waals surface area contributed by atoms with E-state index in [9.17, 15) is 4.79 Å². The zero-order valence-corrected chi connectivity index (χ0v) is 12.2. The molecule has 0 saturated heterocycles. The normalized spacial score (nSPS) is 9.28. The van der Waals surface area contributed by atoms with Crippen LogP contribution in [0.1, 0.15) is 17.3 Å². The Morgan fingerprint density at radius 2 is 2.17 bits per heavy atom. The fourth-order valence-corrected chi connectivity index (χ4v) is 1.21. The van der Waals surface area contributed by atoms with Crippen molar-refractivity contribution in [2.75, 3.05) is 32.4 Å². The van der Waals surface area contributed by atoms with E-state index in [-0.39, 0.29) is 30.7 Å². The van der Waals surface area contributed by atoms with Gasteiger partial charge in [-0.25, -0.2) is 0 Å². The van der Waals surface area contributed by atoms with Crippen molar-refractivity contribution in [2.24, 2.45) is 0 Å². The first kappa shape index (κ1) is 19.3. The summed E-state index contributed by atoms with van der Waals surface area (Å²) in [5.74, 6) is -0.171. The van der Waals surface area contributed by atoms with Crippen molar-refractivity contribution in [3.63, 3.8) is 0 Å². The molecule has 0 fully saturated rings. The van der Waals surface area contributed by atoms with Crippen molar-refractivity contribution in [2.45, 2.75) is 6.92 Å². The van der Waals surface area contributed by atoms with Gasteiger partial charge in [-0.2, -0.15) is 0 Å². The first-order valence-corrected chi connectivity index (χ1v) is 5.31. The topological polar surface area (TPSA) is 71.2 Å². The van der Waals surface area contributed by atoms with Gasteiger partial charge in [0.15, 0.2) is 0 Å². The van der Waals surface area contributed by atoms with Crippen LogP contribution in [0, 0.1) is 0 Å². The molecule has 1 amide bonds. The molecule has 0 saturated carbocycles. The van der Waals surface area contributed by atoms with Crippen LogP contribution in [-0.2, 0) is 0 Å². The van der Waals surface area contributed by atoms with Crippen molar-refractivity contribution >= 4 is 36.4 Å². The number of hydrogen-bond acceptors (Lipinski definition) is 4. The SMILES string of the molecule is CCN(C)CCNC(=O)c1cnccc1N.Cl.Cl. The van der Waals surface area contributed by atoms with Crippen LogP contribution >= 0.6 is 24.8 Å². The highest BCUT2D eigenvalue weighted by atomic mass is 35.5. The third kappa shape index (κ3) is 6.05. The zero-order chi connectivity index (χ0) is 12.0. The molecule has 18 heavy (non-hydrogen) atoms. The summed E-state index contributed by atoms with van der Waals surface area (Å²) in [5.41, 5.74) is 6.55. The summed E-state index contributed by atoms with van der Waals surface area (Å²) in [7, 11) is 2.00. The Bertz CT molecular complexity index is 363. The van der Waals surface area contributed by atoms with Gasteiger partial charge in [-0.3, -0.25) is 9.78 Å². The molecule has 1 aromatic heterocycles. The van der Waals surface area contributed by atoms with E-state index in [1.165, 1.54) is 6.20 Å². The van der Waals surface area contributed by atoms with Gasteiger partial charge >= 0.3 is 0 Å². The molecule has 0 spiro atoms. The predicted molar refractivity (Wildman–Crippen MR) is 78.6 cm³/mol. The van der Waals surface area contributed by atoms with E-state index < -0.39 is 0 Å². The van der Waals surface area contributed by atoms with Gasteiger partial charge in [-0.15, -0.1) is 24.8 Å². The highest BCUT2D eigenvalue weighted by Crippen LogP contribution is 2.07. The third-order valence-corrected chi connectivity index (χ3v) is 2.42. The van der Waals surface area contributed by atoms with Gasteiger partial charge in [0.2, 0.25) is 0 Å². The average Bonchev–Trinajstić information content (AvgIpc) is 2.29. The Morgan fingerprint density at radius 1 is 1.50 bits per heavy atom. The van der Waals surface area contributed by atoms with Crippen molar-refractivity contribution in [1.29, 1.82) is 0 Å². The summed E-state index contributed by atoms with van der Waals surface area (Å²) in [5, 5.41) is 2.80. The number of nitrogen functional groups attached to an aromatic ring is 1. The summed E-state index contributed by atoms with van der Waals surface area (Å²) in [6.45, 7) is 4.46. The Labute approximate surface area is 120 Å². The van der Waals surface area contributed by atoms with Crippen molar-refractivity contribution in [1.82, 2.24) is 15.2 Å². The molecule has 0 radical (unpaired) electrons. The maximum atomic E-state index is 11.7. The van der Waals surface area contributed by atoms with Crippen LogP contribution in [-0.4, -0.2) is 42.5 Å². The molecule has 7 heteroatoms. The molecule has 104 valence electrons. The second-order valence-electron chi connectivity index (χ2n) is 3.61. The van der Waals surface area contributed by atoms with Gasteiger partial charge in [0.25, 0.3) is 5.91 Å². The van der Waals surface area contributed by atoms with Crippen LogP contribution in [0.25, 0.3) is 0 Å². The highest BCUT2D eigenvalue weighted by molar-refractivity contribution is 5.98. The first-order valence-electron chi connectivity index (χ1n) is 5.31. The Hall–Kier alpha value is -1.04. The van der Waals surface area contributed by atoms with Crippen molar-refractivity contribution in [3.8, 4) is 0 Å². The van der Waals surface area contributed by atoms with Gasteiger partial charge < -0.3 is 16.0 Å². The first-order chi connectivity index (χ1) is 7.65. The van der Waals surface area contributed by atoms with Crippen molar-refractivity contribution in [3.05, 3.63) is 24.0 Å². The molecule has 1 rings (SSSR count). The number of amides is 1. The second kappa shape index (κ2) is 9.94. The largest absolute Gasteiger partial charge is 0.398 e. The monoisotopic (exact) mass is 294 g/mol. The number of nitrogens with two attached hydrogens (primary N) is 1. The minimum atomic E-state index is -0.171. The highest BCUT2D eigenvalue weighted by Gasteiger charge is 2.08. The number of carbonyl (C=O) groups excluding carboxylic acids is 1. The van der Waals surface area contributed by atoms with Crippen LogP contribution in [0.4, 0.5) is 5.69 Å². The fraction of sp³-hybridized carbons (Fsp3) is 0.455. The van der Waals surface area contributed by atoms with Crippen LogP contribution in [0.3, 0.4) is 0 Å². The number of rotatable bonds is 5. The second-order valence-corrected chi connectivity index (χ2v) is 3.61. The summed E-state index contributed by atoms with van der Waals surface area (Å²) in [6.07, 6.45) is 3.05. The van der Waals surface area contributed by atoms with E-state index in [2.05, 4.69) is 22.1 Å². The molecule has 0 unspecified atom stereocenters. The fourth-order valence-electron chi connectivity index (χ4n) is 1.21. The average molecular weight is 295 g/mol. The number of nitrogens with one attached hydrogen (secondary N) is 1.